The van der Waals surface area contributed by atoms with Crippen LogP contribution in [0.25, 0.3) is 0 Å². The van der Waals surface area contributed by atoms with Crippen molar-refractivity contribution in [2.24, 2.45) is 5.16 Å². The summed E-state index contributed by atoms with van der Waals surface area (Å²) in [5.41, 5.74) is 2.84. The topological polar surface area (TPSA) is 74.2 Å². The van der Waals surface area contributed by atoms with Crippen molar-refractivity contribution < 1.29 is 14.4 Å². The quantitative estimate of drug-likeness (QED) is 0.786. The molecular formula is C18H26N4O3. The summed E-state index contributed by atoms with van der Waals surface area (Å²) in [7, 11) is 5.47. The summed E-state index contributed by atoms with van der Waals surface area (Å²) in [6.07, 6.45) is -0.259. The van der Waals surface area contributed by atoms with E-state index in [2.05, 4.69) is 10.5 Å². The highest BCUT2D eigenvalue weighted by Gasteiger charge is 2.32. The van der Waals surface area contributed by atoms with E-state index in [-0.39, 0.29) is 18.4 Å². The lowest BCUT2D eigenvalue weighted by Crippen LogP contribution is -2.44. The van der Waals surface area contributed by atoms with Gasteiger partial charge in [-0.3, -0.25) is 9.59 Å². The first kappa shape index (κ1) is 18.9. The van der Waals surface area contributed by atoms with Gasteiger partial charge in [0.15, 0.2) is 0 Å². The lowest BCUT2D eigenvalue weighted by atomic mass is 10.00. The summed E-state index contributed by atoms with van der Waals surface area (Å²) in [5, 5.41) is 6.85. The van der Waals surface area contributed by atoms with Gasteiger partial charge in [0.2, 0.25) is 12.0 Å². The number of oxime groups is 1. The number of hydrogen-bond acceptors (Lipinski definition) is 5. The van der Waals surface area contributed by atoms with Crippen molar-refractivity contribution >= 4 is 17.5 Å². The molecule has 0 bridgehead atoms. The van der Waals surface area contributed by atoms with E-state index in [1.165, 1.54) is 4.90 Å². The molecule has 1 aliphatic heterocycles. The minimum Gasteiger partial charge on any atom is -0.382 e. The highest BCUT2D eigenvalue weighted by atomic mass is 16.6. The van der Waals surface area contributed by atoms with Crippen molar-refractivity contribution in [1.82, 2.24) is 15.1 Å². The largest absolute Gasteiger partial charge is 0.382 e. The summed E-state index contributed by atoms with van der Waals surface area (Å²) in [6.45, 7) is 3.31. The molecule has 7 heteroatoms. The Hall–Kier alpha value is -2.41. The zero-order valence-corrected chi connectivity index (χ0v) is 15.3. The van der Waals surface area contributed by atoms with Crippen LogP contribution in [-0.4, -0.2) is 74.2 Å². The van der Waals surface area contributed by atoms with E-state index in [4.69, 9.17) is 4.84 Å². The minimum absolute atomic E-state index is 0.00577. The molecule has 0 aliphatic carbocycles. The summed E-state index contributed by atoms with van der Waals surface area (Å²) >= 11 is 0. The summed E-state index contributed by atoms with van der Waals surface area (Å²) in [4.78, 5) is 33.0. The second-order valence-corrected chi connectivity index (χ2v) is 6.50. The van der Waals surface area contributed by atoms with Crippen molar-refractivity contribution in [2.45, 2.75) is 19.4 Å². The van der Waals surface area contributed by atoms with Gasteiger partial charge in [0.1, 0.15) is 0 Å². The maximum atomic E-state index is 12.5. The molecule has 0 radical (unpaired) electrons. The summed E-state index contributed by atoms with van der Waals surface area (Å²) in [5.74, 6) is -0.425. The van der Waals surface area contributed by atoms with Crippen molar-refractivity contribution in [3.8, 4) is 0 Å². The maximum Gasteiger partial charge on any atom is 0.267 e. The van der Waals surface area contributed by atoms with E-state index in [1.54, 1.807) is 7.05 Å². The van der Waals surface area contributed by atoms with Crippen LogP contribution in [0.15, 0.2) is 29.4 Å². The summed E-state index contributed by atoms with van der Waals surface area (Å²) < 4.78 is 0. The Morgan fingerprint density at radius 1 is 1.28 bits per heavy atom. The molecule has 1 atom stereocenters. The molecule has 1 aliphatic rings. The molecule has 2 rings (SSSR count). The third-order valence-corrected chi connectivity index (χ3v) is 4.04. The molecule has 0 saturated carbocycles. The predicted octanol–water partition coefficient (Wildman–Crippen LogP) is 0.624. The van der Waals surface area contributed by atoms with Crippen LogP contribution in [0.3, 0.4) is 0 Å². The van der Waals surface area contributed by atoms with E-state index in [0.717, 1.165) is 23.4 Å². The molecule has 0 saturated heterocycles. The fraction of sp³-hybridized carbons (Fsp3) is 0.500. The molecule has 1 heterocycles. The zero-order valence-electron chi connectivity index (χ0n) is 15.3. The molecule has 1 aromatic rings. The van der Waals surface area contributed by atoms with Crippen molar-refractivity contribution in [1.29, 1.82) is 0 Å². The molecule has 136 valence electrons. The second-order valence-electron chi connectivity index (χ2n) is 6.50. The standard InChI is InChI=1S/C18H26N4O3/c1-13-7-5-6-8-14(13)15-11-16(25-20-15)18(24)22(4)12-17(23)19-9-10-21(2)3/h5-8,16H,9-12H2,1-4H3,(H,19,23). The van der Waals surface area contributed by atoms with Crippen LogP contribution in [0.2, 0.25) is 0 Å². The molecule has 1 N–H and O–H groups in total. The molecule has 0 fully saturated rings. The first-order chi connectivity index (χ1) is 11.9. The normalized spacial score (nSPS) is 16.4. The van der Waals surface area contributed by atoms with Gasteiger partial charge in [0, 0.05) is 32.1 Å². The van der Waals surface area contributed by atoms with Crippen molar-refractivity contribution in [2.75, 3.05) is 40.8 Å². The van der Waals surface area contributed by atoms with Crippen LogP contribution in [0, 0.1) is 6.92 Å². The number of amides is 2. The monoisotopic (exact) mass is 346 g/mol. The molecule has 2 amide bonds. The number of likely N-dealkylation sites (N-methyl/N-ethyl adjacent to an activating group) is 2. The minimum atomic E-state index is -0.672. The third kappa shape index (κ3) is 5.29. The zero-order chi connectivity index (χ0) is 18.4. The van der Waals surface area contributed by atoms with E-state index in [9.17, 15) is 9.59 Å². The van der Waals surface area contributed by atoms with Crippen molar-refractivity contribution in [3.05, 3.63) is 35.4 Å². The number of benzene rings is 1. The number of nitrogens with zero attached hydrogens (tertiary/aromatic N) is 3. The molecule has 25 heavy (non-hydrogen) atoms. The van der Waals surface area contributed by atoms with Gasteiger partial charge >= 0.3 is 0 Å². The number of hydrogen-bond donors (Lipinski definition) is 1. The average molecular weight is 346 g/mol. The number of carbonyl (C=O) groups excluding carboxylic acids is 2. The number of nitrogens with one attached hydrogen (secondary N) is 1. The Balaban J connectivity index is 1.83. The molecule has 7 nitrogen and oxygen atoms in total. The number of aryl methyl sites for hydroxylation is 1. The predicted molar refractivity (Wildman–Crippen MR) is 96.4 cm³/mol. The van der Waals surface area contributed by atoms with Crippen LogP contribution in [0.5, 0.6) is 0 Å². The smallest absolute Gasteiger partial charge is 0.267 e. The van der Waals surface area contributed by atoms with E-state index in [1.807, 2.05) is 50.2 Å². The molecule has 0 aromatic heterocycles. The van der Waals surface area contributed by atoms with Crippen LogP contribution >= 0.6 is 0 Å². The van der Waals surface area contributed by atoms with Gasteiger partial charge in [-0.05, 0) is 26.6 Å². The van der Waals surface area contributed by atoms with Gasteiger partial charge in [0.05, 0.1) is 12.3 Å². The van der Waals surface area contributed by atoms with E-state index in [0.29, 0.717) is 13.0 Å². The van der Waals surface area contributed by atoms with Gasteiger partial charge in [-0.15, -0.1) is 0 Å². The molecule has 1 unspecified atom stereocenters. The molecular weight excluding hydrogens is 320 g/mol. The molecule has 0 spiro atoms. The Morgan fingerprint density at radius 3 is 2.68 bits per heavy atom. The first-order valence-electron chi connectivity index (χ1n) is 8.33. The van der Waals surface area contributed by atoms with Gasteiger partial charge in [-0.25, -0.2) is 0 Å². The fourth-order valence-electron chi connectivity index (χ4n) is 2.58. The second kappa shape index (κ2) is 8.62. The Labute approximate surface area is 148 Å². The van der Waals surface area contributed by atoms with Gasteiger partial charge in [-0.2, -0.15) is 0 Å². The van der Waals surface area contributed by atoms with Crippen LogP contribution in [0.1, 0.15) is 17.5 Å². The molecule has 1 aromatic carbocycles. The van der Waals surface area contributed by atoms with Gasteiger partial charge in [-0.1, -0.05) is 29.4 Å². The summed E-state index contributed by atoms with van der Waals surface area (Å²) in [6, 6.07) is 7.86. The van der Waals surface area contributed by atoms with Crippen LogP contribution < -0.4 is 5.32 Å². The van der Waals surface area contributed by atoms with Crippen molar-refractivity contribution in [3.63, 3.8) is 0 Å². The fourth-order valence-corrected chi connectivity index (χ4v) is 2.58. The Morgan fingerprint density at radius 2 is 2.00 bits per heavy atom. The lowest BCUT2D eigenvalue weighted by Gasteiger charge is -2.19. The van der Waals surface area contributed by atoms with E-state index >= 15 is 0 Å². The van der Waals surface area contributed by atoms with E-state index < -0.39 is 6.10 Å². The van der Waals surface area contributed by atoms with Crippen LogP contribution in [0.4, 0.5) is 0 Å². The van der Waals surface area contributed by atoms with Crippen LogP contribution in [-0.2, 0) is 14.4 Å². The maximum absolute atomic E-state index is 12.5. The Bertz CT molecular complexity index is 657. The van der Waals surface area contributed by atoms with Gasteiger partial charge in [0.25, 0.3) is 5.91 Å². The first-order valence-corrected chi connectivity index (χ1v) is 8.33. The lowest BCUT2D eigenvalue weighted by molar-refractivity contribution is -0.143. The highest BCUT2D eigenvalue weighted by Crippen LogP contribution is 2.20. The average Bonchev–Trinajstić information content (AvgIpc) is 3.03. The van der Waals surface area contributed by atoms with Gasteiger partial charge < -0.3 is 20.0 Å². The Kier molecular flexibility index (Phi) is 6.52. The highest BCUT2D eigenvalue weighted by molar-refractivity contribution is 6.05. The number of rotatable bonds is 7. The number of carbonyl (C=O) groups is 2. The SMILES string of the molecule is Cc1ccccc1C1=NOC(C(=O)N(C)CC(=O)NCCN(C)C)C1. The third-order valence-electron chi connectivity index (χ3n) is 4.04.